The van der Waals surface area contributed by atoms with Gasteiger partial charge in [0.25, 0.3) is 0 Å². The van der Waals surface area contributed by atoms with Gasteiger partial charge in [-0.3, -0.25) is 10.1 Å². The fourth-order valence-corrected chi connectivity index (χ4v) is 2.62. The summed E-state index contributed by atoms with van der Waals surface area (Å²) < 4.78 is 0. The molecule has 0 saturated carbocycles. The molecule has 2 aromatic heterocycles. The number of aromatic amines is 1. The second-order valence-electron chi connectivity index (χ2n) is 4.04. The quantitative estimate of drug-likeness (QED) is 0.740. The summed E-state index contributed by atoms with van der Waals surface area (Å²) >= 11 is 1.57. The minimum atomic E-state index is 0.521. The number of aryl methyl sites for hydroxylation is 1. The van der Waals surface area contributed by atoms with Crippen molar-refractivity contribution in [2.45, 2.75) is 6.92 Å². The van der Waals surface area contributed by atoms with Crippen molar-refractivity contribution in [2.24, 2.45) is 0 Å². The summed E-state index contributed by atoms with van der Waals surface area (Å²) in [6.07, 6.45) is 1.82. The Hall–Kier alpha value is -2.14. The third kappa shape index (κ3) is 1.69. The smallest absolute Gasteiger partial charge is 0.153 e. The lowest BCUT2D eigenvalue weighted by molar-refractivity contribution is 1.10. The van der Waals surface area contributed by atoms with Crippen molar-refractivity contribution in [3.8, 4) is 21.7 Å². The molecule has 0 spiro atoms. The highest BCUT2D eigenvalue weighted by Crippen LogP contribution is 2.37. The number of nitrogens with one attached hydrogen (secondary N) is 1. The van der Waals surface area contributed by atoms with Crippen LogP contribution < -0.4 is 5.73 Å². The number of H-pyrrole nitrogens is 1. The first-order valence-corrected chi connectivity index (χ1v) is 6.44. The van der Waals surface area contributed by atoms with Gasteiger partial charge in [-0.15, -0.1) is 11.3 Å². The minimum Gasteiger partial charge on any atom is -0.382 e. The molecule has 18 heavy (non-hydrogen) atoms. The molecule has 4 nitrogen and oxygen atoms in total. The molecule has 5 heteroatoms. The van der Waals surface area contributed by atoms with Crippen molar-refractivity contribution >= 4 is 17.2 Å². The van der Waals surface area contributed by atoms with Gasteiger partial charge >= 0.3 is 0 Å². The maximum absolute atomic E-state index is 5.99. The van der Waals surface area contributed by atoms with E-state index >= 15 is 0 Å². The average Bonchev–Trinajstić information content (AvgIpc) is 2.99. The number of nitrogen functional groups attached to an aromatic ring is 1. The molecule has 0 aliphatic rings. The Morgan fingerprint density at radius 2 is 2.11 bits per heavy atom. The Bertz CT molecular complexity index is 670. The number of nitrogens with two attached hydrogens (primary N) is 1. The lowest BCUT2D eigenvalue weighted by Gasteiger charge is -2.06. The van der Waals surface area contributed by atoms with Crippen LogP contribution in [-0.2, 0) is 0 Å². The Morgan fingerprint density at radius 1 is 1.28 bits per heavy atom. The van der Waals surface area contributed by atoms with Crippen LogP contribution in [0.15, 0.2) is 36.0 Å². The van der Waals surface area contributed by atoms with Crippen LogP contribution in [0, 0.1) is 6.92 Å². The van der Waals surface area contributed by atoms with Crippen LogP contribution in [0.2, 0.25) is 0 Å². The molecule has 0 bridgehead atoms. The SMILES string of the molecule is Cc1ccccc1-c1c(N)n[nH]c1-c1cncs1. The molecule has 3 rings (SSSR count). The predicted octanol–water partition coefficient (Wildman–Crippen LogP) is 3.09. The van der Waals surface area contributed by atoms with Gasteiger partial charge in [-0.05, 0) is 18.1 Å². The Kier molecular flexibility index (Phi) is 2.60. The van der Waals surface area contributed by atoms with E-state index in [9.17, 15) is 0 Å². The van der Waals surface area contributed by atoms with Gasteiger partial charge in [0.15, 0.2) is 5.82 Å². The standard InChI is InChI=1S/C13H12N4S/c1-8-4-2-3-5-9(8)11-12(16-17-13(11)14)10-6-15-7-18-10/h2-7H,1H3,(H3,14,16,17). The van der Waals surface area contributed by atoms with Crippen molar-refractivity contribution in [1.82, 2.24) is 15.2 Å². The number of rotatable bonds is 2. The van der Waals surface area contributed by atoms with Gasteiger partial charge in [-0.2, -0.15) is 5.10 Å². The first kappa shape index (κ1) is 11.0. The van der Waals surface area contributed by atoms with Gasteiger partial charge in [0, 0.05) is 6.20 Å². The molecule has 1 aromatic carbocycles. The molecule has 0 amide bonds. The number of nitrogens with zero attached hydrogens (tertiary/aromatic N) is 2. The zero-order valence-corrected chi connectivity index (χ0v) is 10.7. The highest BCUT2D eigenvalue weighted by Gasteiger charge is 2.16. The van der Waals surface area contributed by atoms with Crippen LogP contribution in [0.3, 0.4) is 0 Å². The summed E-state index contributed by atoms with van der Waals surface area (Å²) in [6, 6.07) is 8.14. The van der Waals surface area contributed by atoms with Crippen LogP contribution in [0.25, 0.3) is 21.7 Å². The van der Waals surface area contributed by atoms with E-state index in [1.807, 2.05) is 18.3 Å². The summed E-state index contributed by atoms with van der Waals surface area (Å²) in [4.78, 5) is 5.13. The van der Waals surface area contributed by atoms with Crippen molar-refractivity contribution in [3.05, 3.63) is 41.5 Å². The first-order valence-electron chi connectivity index (χ1n) is 5.56. The van der Waals surface area contributed by atoms with Crippen LogP contribution >= 0.6 is 11.3 Å². The van der Waals surface area contributed by atoms with E-state index < -0.39 is 0 Å². The van der Waals surface area contributed by atoms with Crippen LogP contribution in [0.4, 0.5) is 5.82 Å². The molecule has 0 aliphatic heterocycles. The number of hydrogen-bond donors (Lipinski definition) is 2. The molecule has 0 fully saturated rings. The van der Waals surface area contributed by atoms with Gasteiger partial charge in [0.2, 0.25) is 0 Å². The summed E-state index contributed by atoms with van der Waals surface area (Å²) in [5, 5.41) is 7.12. The Morgan fingerprint density at radius 3 is 2.83 bits per heavy atom. The first-order chi connectivity index (χ1) is 8.77. The molecule has 90 valence electrons. The van der Waals surface area contributed by atoms with Crippen molar-refractivity contribution in [2.75, 3.05) is 5.73 Å². The maximum atomic E-state index is 5.99. The third-order valence-corrected chi connectivity index (χ3v) is 3.68. The molecule has 0 radical (unpaired) electrons. The van der Waals surface area contributed by atoms with E-state index in [1.54, 1.807) is 16.8 Å². The third-order valence-electron chi connectivity index (χ3n) is 2.89. The molecular weight excluding hydrogens is 244 g/mol. The summed E-state index contributed by atoms with van der Waals surface area (Å²) in [7, 11) is 0. The second kappa shape index (κ2) is 4.27. The van der Waals surface area contributed by atoms with Crippen molar-refractivity contribution < 1.29 is 0 Å². The zero-order valence-electron chi connectivity index (χ0n) is 9.84. The summed E-state index contributed by atoms with van der Waals surface area (Å²) in [5.41, 5.74) is 12.0. The molecular formula is C13H12N4S. The summed E-state index contributed by atoms with van der Waals surface area (Å²) in [6.45, 7) is 2.07. The molecule has 2 heterocycles. The van der Waals surface area contributed by atoms with Gasteiger partial charge in [-0.1, -0.05) is 24.3 Å². The van der Waals surface area contributed by atoms with Gasteiger partial charge in [-0.25, -0.2) is 0 Å². The van der Waals surface area contributed by atoms with E-state index in [0.29, 0.717) is 5.82 Å². The highest BCUT2D eigenvalue weighted by molar-refractivity contribution is 7.13. The fraction of sp³-hybridized carbons (Fsp3) is 0.0769. The number of hydrogen-bond acceptors (Lipinski definition) is 4. The molecule has 0 aliphatic carbocycles. The number of thiazole rings is 1. The van der Waals surface area contributed by atoms with E-state index in [-0.39, 0.29) is 0 Å². The van der Waals surface area contributed by atoms with E-state index in [2.05, 4.69) is 34.2 Å². The predicted molar refractivity (Wildman–Crippen MR) is 74.3 cm³/mol. The minimum absolute atomic E-state index is 0.521. The molecule has 3 aromatic rings. The second-order valence-corrected chi connectivity index (χ2v) is 4.93. The van der Waals surface area contributed by atoms with Gasteiger partial charge < -0.3 is 5.73 Å². The number of benzene rings is 1. The lowest BCUT2D eigenvalue weighted by Crippen LogP contribution is -1.90. The Labute approximate surface area is 109 Å². The number of aromatic nitrogens is 3. The summed E-state index contributed by atoms with van der Waals surface area (Å²) in [5.74, 6) is 0.521. The molecule has 0 atom stereocenters. The van der Waals surface area contributed by atoms with E-state index in [1.165, 1.54) is 5.56 Å². The highest BCUT2D eigenvalue weighted by atomic mass is 32.1. The maximum Gasteiger partial charge on any atom is 0.153 e. The van der Waals surface area contributed by atoms with Crippen molar-refractivity contribution in [3.63, 3.8) is 0 Å². The zero-order chi connectivity index (χ0) is 12.5. The average molecular weight is 256 g/mol. The van der Waals surface area contributed by atoms with Crippen LogP contribution in [0.5, 0.6) is 0 Å². The monoisotopic (exact) mass is 256 g/mol. The topological polar surface area (TPSA) is 67.6 Å². The van der Waals surface area contributed by atoms with Gasteiger partial charge in [0.1, 0.15) is 0 Å². The van der Waals surface area contributed by atoms with Crippen molar-refractivity contribution in [1.29, 1.82) is 0 Å². The Balaban J connectivity index is 2.24. The largest absolute Gasteiger partial charge is 0.382 e. The van der Waals surface area contributed by atoms with E-state index in [0.717, 1.165) is 21.7 Å². The lowest BCUT2D eigenvalue weighted by atomic mass is 10.00. The van der Waals surface area contributed by atoms with E-state index in [4.69, 9.17) is 5.73 Å². The van der Waals surface area contributed by atoms with Gasteiger partial charge in [0.05, 0.1) is 21.6 Å². The van der Waals surface area contributed by atoms with Crippen LogP contribution in [-0.4, -0.2) is 15.2 Å². The molecule has 0 unspecified atom stereocenters. The number of anilines is 1. The molecule has 3 N–H and O–H groups in total. The normalized spacial score (nSPS) is 10.7. The van der Waals surface area contributed by atoms with Crippen LogP contribution in [0.1, 0.15) is 5.56 Å². The molecule has 0 saturated heterocycles. The fourth-order valence-electron chi connectivity index (χ4n) is 2.00.